The molecule has 4 heteroatoms. The molecule has 0 saturated heterocycles. The normalized spacial score (nSPS) is 27.4. The highest BCUT2D eigenvalue weighted by molar-refractivity contribution is 7.91. The highest BCUT2D eigenvalue weighted by atomic mass is 32.2. The summed E-state index contributed by atoms with van der Waals surface area (Å²) in [5.74, 6) is 0.638. The van der Waals surface area contributed by atoms with Gasteiger partial charge in [-0.3, -0.25) is 4.79 Å². The number of hydrogen-bond acceptors (Lipinski definition) is 3. The first-order valence-corrected chi connectivity index (χ1v) is 6.97. The van der Waals surface area contributed by atoms with Crippen molar-refractivity contribution < 1.29 is 13.2 Å². The second kappa shape index (κ2) is 4.01. The first-order chi connectivity index (χ1) is 6.30. The molecule has 1 aliphatic carbocycles. The smallest absolute Gasteiger partial charge is 0.150 e. The topological polar surface area (TPSA) is 51.2 Å². The van der Waals surface area contributed by atoms with Gasteiger partial charge in [0.05, 0.1) is 5.25 Å². The average molecular weight is 218 g/mol. The van der Waals surface area contributed by atoms with E-state index in [2.05, 4.69) is 0 Å². The summed E-state index contributed by atoms with van der Waals surface area (Å²) in [6.45, 7) is 3.77. The lowest BCUT2D eigenvalue weighted by Crippen LogP contribution is -2.36. The summed E-state index contributed by atoms with van der Waals surface area (Å²) in [5, 5.41) is -0.188. The highest BCUT2D eigenvalue weighted by Crippen LogP contribution is 2.35. The van der Waals surface area contributed by atoms with Crippen molar-refractivity contribution >= 4 is 15.6 Å². The van der Waals surface area contributed by atoms with Gasteiger partial charge in [0.25, 0.3) is 0 Å². The van der Waals surface area contributed by atoms with Gasteiger partial charge in [-0.15, -0.1) is 0 Å². The quantitative estimate of drug-likeness (QED) is 0.717. The summed E-state index contributed by atoms with van der Waals surface area (Å²) in [6.07, 6.45) is 3.19. The Kier molecular flexibility index (Phi) is 3.35. The minimum Gasteiger partial charge on any atom is -0.299 e. The second-order valence-corrected chi connectivity index (χ2v) is 6.94. The fourth-order valence-electron chi connectivity index (χ4n) is 1.71. The molecule has 0 amide bonds. The maximum atomic E-state index is 11.4. The van der Waals surface area contributed by atoms with E-state index in [-0.39, 0.29) is 17.0 Å². The lowest BCUT2D eigenvalue weighted by Gasteiger charge is -2.33. The molecule has 3 nitrogen and oxygen atoms in total. The van der Waals surface area contributed by atoms with Gasteiger partial charge in [0, 0.05) is 18.6 Å². The van der Waals surface area contributed by atoms with Crippen molar-refractivity contribution in [2.75, 3.05) is 6.26 Å². The first-order valence-electron chi connectivity index (χ1n) is 5.02. The van der Waals surface area contributed by atoms with Crippen molar-refractivity contribution in [3.63, 3.8) is 0 Å². The SMILES string of the molecule is CC(C)C(=O)CC1CC(S(C)(=O)=O)C1. The van der Waals surface area contributed by atoms with E-state index in [1.54, 1.807) is 0 Å². The van der Waals surface area contributed by atoms with Gasteiger partial charge in [-0.1, -0.05) is 13.8 Å². The van der Waals surface area contributed by atoms with Crippen LogP contribution >= 0.6 is 0 Å². The minimum atomic E-state index is -2.87. The molecule has 1 saturated carbocycles. The molecule has 0 aliphatic heterocycles. The van der Waals surface area contributed by atoms with Crippen LogP contribution in [0.25, 0.3) is 0 Å². The van der Waals surface area contributed by atoms with Crippen molar-refractivity contribution in [3.8, 4) is 0 Å². The fourth-order valence-corrected chi connectivity index (χ4v) is 2.95. The molecule has 0 heterocycles. The maximum Gasteiger partial charge on any atom is 0.150 e. The van der Waals surface area contributed by atoms with E-state index in [1.807, 2.05) is 13.8 Å². The van der Waals surface area contributed by atoms with Crippen LogP contribution in [0.1, 0.15) is 33.1 Å². The number of ketones is 1. The minimum absolute atomic E-state index is 0.0762. The van der Waals surface area contributed by atoms with Crippen molar-refractivity contribution in [1.82, 2.24) is 0 Å². The number of carbonyl (C=O) groups excluding carboxylic acids is 1. The Hall–Kier alpha value is -0.380. The van der Waals surface area contributed by atoms with Gasteiger partial charge < -0.3 is 0 Å². The Balaban J connectivity index is 2.33. The van der Waals surface area contributed by atoms with Gasteiger partial charge in [-0.25, -0.2) is 8.42 Å². The van der Waals surface area contributed by atoms with Gasteiger partial charge in [-0.05, 0) is 18.8 Å². The monoisotopic (exact) mass is 218 g/mol. The Morgan fingerprint density at radius 2 is 1.86 bits per heavy atom. The fraction of sp³-hybridized carbons (Fsp3) is 0.900. The molecule has 1 aliphatic rings. The van der Waals surface area contributed by atoms with Crippen LogP contribution in [-0.4, -0.2) is 25.7 Å². The molecule has 0 radical (unpaired) electrons. The van der Waals surface area contributed by atoms with E-state index in [9.17, 15) is 13.2 Å². The Bertz CT molecular complexity index is 310. The van der Waals surface area contributed by atoms with Crippen LogP contribution in [0.3, 0.4) is 0 Å². The summed E-state index contributed by atoms with van der Waals surface area (Å²) in [5.41, 5.74) is 0. The summed E-state index contributed by atoms with van der Waals surface area (Å²) in [6, 6.07) is 0. The lowest BCUT2D eigenvalue weighted by atomic mass is 9.80. The molecule has 1 rings (SSSR count). The third-order valence-electron chi connectivity index (χ3n) is 2.93. The van der Waals surface area contributed by atoms with Gasteiger partial charge in [-0.2, -0.15) is 0 Å². The maximum absolute atomic E-state index is 11.4. The van der Waals surface area contributed by atoms with Crippen LogP contribution in [0.15, 0.2) is 0 Å². The Labute approximate surface area is 85.8 Å². The van der Waals surface area contributed by atoms with Crippen LogP contribution in [-0.2, 0) is 14.6 Å². The van der Waals surface area contributed by atoms with E-state index in [0.29, 0.717) is 25.2 Å². The average Bonchev–Trinajstić information content (AvgIpc) is 1.92. The van der Waals surface area contributed by atoms with Crippen molar-refractivity contribution in [2.45, 2.75) is 38.4 Å². The molecule has 82 valence electrons. The molecule has 14 heavy (non-hydrogen) atoms. The summed E-state index contributed by atoms with van der Waals surface area (Å²) >= 11 is 0. The summed E-state index contributed by atoms with van der Waals surface area (Å²) in [4.78, 5) is 11.4. The highest BCUT2D eigenvalue weighted by Gasteiger charge is 2.37. The van der Waals surface area contributed by atoms with E-state index < -0.39 is 9.84 Å². The summed E-state index contributed by atoms with van der Waals surface area (Å²) < 4.78 is 22.2. The van der Waals surface area contributed by atoms with Gasteiger partial charge in [0.1, 0.15) is 15.6 Å². The largest absolute Gasteiger partial charge is 0.299 e. The van der Waals surface area contributed by atoms with Gasteiger partial charge in [0.2, 0.25) is 0 Å². The summed E-state index contributed by atoms with van der Waals surface area (Å²) in [7, 11) is -2.87. The number of sulfone groups is 1. The van der Waals surface area contributed by atoms with E-state index >= 15 is 0 Å². The van der Waals surface area contributed by atoms with E-state index in [0.717, 1.165) is 0 Å². The molecule has 0 atom stereocenters. The van der Waals surface area contributed by atoms with Gasteiger partial charge in [0.15, 0.2) is 0 Å². The van der Waals surface area contributed by atoms with Crippen LogP contribution in [0.4, 0.5) is 0 Å². The first kappa shape index (κ1) is 11.7. The van der Waals surface area contributed by atoms with Crippen LogP contribution in [0.2, 0.25) is 0 Å². The third-order valence-corrected chi connectivity index (χ3v) is 4.53. The zero-order valence-electron chi connectivity index (χ0n) is 8.99. The predicted molar refractivity (Wildman–Crippen MR) is 55.8 cm³/mol. The number of hydrogen-bond donors (Lipinski definition) is 0. The van der Waals surface area contributed by atoms with Gasteiger partial charge >= 0.3 is 0 Å². The second-order valence-electron chi connectivity index (χ2n) is 4.61. The van der Waals surface area contributed by atoms with Crippen molar-refractivity contribution in [2.24, 2.45) is 11.8 Å². The van der Waals surface area contributed by atoms with E-state index in [1.165, 1.54) is 6.26 Å². The van der Waals surface area contributed by atoms with Crippen molar-refractivity contribution in [1.29, 1.82) is 0 Å². The molecule has 1 fully saturated rings. The number of carbonyl (C=O) groups is 1. The molecule has 0 N–H and O–H groups in total. The molecule has 0 bridgehead atoms. The standard InChI is InChI=1S/C10H18O3S/c1-7(2)10(11)6-8-4-9(5-8)14(3,12)13/h7-9H,4-6H2,1-3H3. The molecule has 0 aromatic carbocycles. The Morgan fingerprint density at radius 1 is 1.36 bits per heavy atom. The molecule has 0 aromatic heterocycles. The van der Waals surface area contributed by atoms with E-state index in [4.69, 9.17) is 0 Å². The molecule has 0 aromatic rings. The molecular formula is C10H18O3S. The zero-order chi connectivity index (χ0) is 10.9. The van der Waals surface area contributed by atoms with Crippen LogP contribution in [0, 0.1) is 11.8 Å². The predicted octanol–water partition coefficient (Wildman–Crippen LogP) is 1.42. The third kappa shape index (κ3) is 2.80. The lowest BCUT2D eigenvalue weighted by molar-refractivity contribution is -0.123. The van der Waals surface area contributed by atoms with Crippen LogP contribution in [0.5, 0.6) is 0 Å². The molecular weight excluding hydrogens is 200 g/mol. The van der Waals surface area contributed by atoms with Crippen molar-refractivity contribution in [3.05, 3.63) is 0 Å². The number of rotatable bonds is 4. The Morgan fingerprint density at radius 3 is 2.21 bits per heavy atom. The molecule has 0 spiro atoms. The number of Topliss-reactive ketones (excluding diaryl/α,β-unsaturated/α-hetero) is 1. The zero-order valence-corrected chi connectivity index (χ0v) is 9.80. The van der Waals surface area contributed by atoms with Crippen LogP contribution < -0.4 is 0 Å². The molecule has 0 unspecified atom stereocenters.